The number of hydrazine groups is 1. The Morgan fingerprint density at radius 2 is 1.67 bits per heavy atom. The van der Waals surface area contributed by atoms with Crippen molar-refractivity contribution in [3.63, 3.8) is 0 Å². The van der Waals surface area contributed by atoms with Crippen LogP contribution in [0.1, 0.15) is 26.3 Å². The van der Waals surface area contributed by atoms with Crippen molar-refractivity contribution < 1.29 is 31.2 Å². The molecule has 13 heteroatoms. The van der Waals surface area contributed by atoms with E-state index in [1.165, 1.54) is 24.5 Å². The highest BCUT2D eigenvalue weighted by atomic mass is 35.5. The Kier molecular flexibility index (Phi) is 6.89. The molecule has 3 aromatic rings. The molecule has 0 unspecified atom stereocenters. The average Bonchev–Trinajstić information content (AvgIpc) is 2.77. The summed E-state index contributed by atoms with van der Waals surface area (Å²) in [6, 6.07) is 9.70. The maximum absolute atomic E-state index is 12.9. The van der Waals surface area contributed by atoms with Crippen LogP contribution >= 0.6 is 11.6 Å². The fraction of sp³-hybridized carbons (Fsp3) is 0.0500. The quantitative estimate of drug-likeness (QED) is 0.464. The van der Waals surface area contributed by atoms with Gasteiger partial charge in [0.05, 0.1) is 26.6 Å². The minimum absolute atomic E-state index is 0.124. The number of hydrogen-bond acceptors (Lipinski definition) is 5. The first-order chi connectivity index (χ1) is 15.5. The number of pyridine rings is 1. The number of amides is 2. The Bertz CT molecular complexity index is 1300. The zero-order valence-corrected chi connectivity index (χ0v) is 17.9. The molecule has 0 aliphatic heterocycles. The van der Waals surface area contributed by atoms with Gasteiger partial charge in [0, 0.05) is 18.1 Å². The summed E-state index contributed by atoms with van der Waals surface area (Å²) >= 11 is 5.98. The lowest BCUT2D eigenvalue weighted by molar-refractivity contribution is -0.137. The van der Waals surface area contributed by atoms with E-state index in [0.29, 0.717) is 6.07 Å². The molecule has 0 spiro atoms. The number of carbonyl (C=O) groups excluding carboxylic acids is 2. The van der Waals surface area contributed by atoms with Gasteiger partial charge in [-0.15, -0.1) is 0 Å². The van der Waals surface area contributed by atoms with Crippen LogP contribution < -0.4 is 15.6 Å². The van der Waals surface area contributed by atoms with Crippen molar-refractivity contribution in [3.05, 3.63) is 88.7 Å². The monoisotopic (exact) mass is 498 g/mol. The van der Waals surface area contributed by atoms with Gasteiger partial charge in [0.25, 0.3) is 21.8 Å². The number of aromatic nitrogens is 1. The molecule has 0 saturated carbocycles. The van der Waals surface area contributed by atoms with E-state index in [9.17, 15) is 31.2 Å². The Labute approximate surface area is 190 Å². The van der Waals surface area contributed by atoms with Crippen molar-refractivity contribution in [3.8, 4) is 0 Å². The number of nitrogens with one attached hydrogen (secondary N) is 3. The number of halogens is 4. The second kappa shape index (κ2) is 9.46. The molecule has 2 amide bonds. The summed E-state index contributed by atoms with van der Waals surface area (Å²) in [4.78, 5) is 27.8. The molecule has 3 rings (SSSR count). The van der Waals surface area contributed by atoms with Gasteiger partial charge in [-0.2, -0.15) is 13.2 Å². The number of carbonyl (C=O) groups is 2. The zero-order chi connectivity index (χ0) is 24.2. The third-order valence-electron chi connectivity index (χ3n) is 4.15. The molecule has 1 aromatic heterocycles. The van der Waals surface area contributed by atoms with Crippen molar-refractivity contribution in [2.45, 2.75) is 11.1 Å². The number of sulfonamides is 1. The lowest BCUT2D eigenvalue weighted by atomic mass is 10.2. The van der Waals surface area contributed by atoms with E-state index in [4.69, 9.17) is 11.6 Å². The van der Waals surface area contributed by atoms with Gasteiger partial charge in [-0.3, -0.25) is 30.1 Å². The van der Waals surface area contributed by atoms with Crippen molar-refractivity contribution in [1.82, 2.24) is 15.8 Å². The Morgan fingerprint density at radius 1 is 0.939 bits per heavy atom. The number of rotatable bonds is 5. The van der Waals surface area contributed by atoms with Gasteiger partial charge < -0.3 is 0 Å². The molecule has 1 heterocycles. The molecule has 0 saturated heterocycles. The first kappa shape index (κ1) is 24.0. The van der Waals surface area contributed by atoms with Crippen LogP contribution in [0.4, 0.5) is 18.9 Å². The molecule has 0 aliphatic rings. The second-order valence-electron chi connectivity index (χ2n) is 6.48. The highest BCUT2D eigenvalue weighted by Crippen LogP contribution is 2.31. The van der Waals surface area contributed by atoms with Gasteiger partial charge in [-0.25, -0.2) is 8.42 Å². The van der Waals surface area contributed by atoms with E-state index in [2.05, 4.69) is 15.8 Å². The molecule has 0 atom stereocenters. The van der Waals surface area contributed by atoms with Gasteiger partial charge in [0.1, 0.15) is 0 Å². The van der Waals surface area contributed by atoms with E-state index >= 15 is 0 Å². The van der Waals surface area contributed by atoms with Gasteiger partial charge in [0.2, 0.25) is 0 Å². The van der Waals surface area contributed by atoms with Crippen LogP contribution in [0.5, 0.6) is 0 Å². The smallest absolute Gasteiger partial charge is 0.280 e. The molecule has 0 radical (unpaired) electrons. The third-order valence-corrected chi connectivity index (χ3v) is 5.86. The summed E-state index contributed by atoms with van der Waals surface area (Å²) in [5.74, 6) is -1.60. The van der Waals surface area contributed by atoms with Crippen LogP contribution in [-0.2, 0) is 16.2 Å². The molecule has 33 heavy (non-hydrogen) atoms. The molecule has 172 valence electrons. The summed E-state index contributed by atoms with van der Waals surface area (Å²) in [5, 5.41) is -0.124. The Hall–Kier alpha value is -3.64. The van der Waals surface area contributed by atoms with E-state index in [1.807, 2.05) is 4.72 Å². The number of benzene rings is 2. The standard InChI is InChI=1S/C20H14ClF3N4O4S/c21-17-7-6-15(33(31,32)28-14-5-1-4-13(9-14)20(22,23)24)10-16(17)19(30)27-26-18(29)12-3-2-8-25-11-12/h1-11,28H,(H,26,29)(H,27,30). The van der Waals surface area contributed by atoms with Crippen molar-refractivity contribution in [1.29, 1.82) is 0 Å². The molecule has 0 bridgehead atoms. The predicted molar refractivity (Wildman–Crippen MR) is 113 cm³/mol. The molecule has 0 fully saturated rings. The van der Waals surface area contributed by atoms with Crippen LogP contribution in [0.25, 0.3) is 0 Å². The van der Waals surface area contributed by atoms with E-state index < -0.39 is 38.5 Å². The third kappa shape index (κ3) is 5.99. The summed E-state index contributed by atoms with van der Waals surface area (Å²) in [6.45, 7) is 0. The Balaban J connectivity index is 1.78. The molecular weight excluding hydrogens is 485 g/mol. The summed E-state index contributed by atoms with van der Waals surface area (Å²) in [5.41, 5.74) is 2.73. The maximum atomic E-state index is 12.9. The molecule has 3 N–H and O–H groups in total. The van der Waals surface area contributed by atoms with Crippen LogP contribution in [0.3, 0.4) is 0 Å². The lowest BCUT2D eigenvalue weighted by Gasteiger charge is -2.13. The number of alkyl halides is 3. The van der Waals surface area contributed by atoms with Crippen LogP contribution in [0.2, 0.25) is 5.02 Å². The summed E-state index contributed by atoms with van der Waals surface area (Å²) in [7, 11) is -4.37. The first-order valence-corrected chi connectivity index (χ1v) is 10.8. The van der Waals surface area contributed by atoms with Gasteiger partial charge >= 0.3 is 6.18 Å². The first-order valence-electron chi connectivity index (χ1n) is 8.98. The highest BCUT2D eigenvalue weighted by molar-refractivity contribution is 7.92. The number of hydrogen-bond donors (Lipinski definition) is 3. The molecule has 2 aromatic carbocycles. The highest BCUT2D eigenvalue weighted by Gasteiger charge is 2.31. The van der Waals surface area contributed by atoms with Gasteiger partial charge in [-0.1, -0.05) is 17.7 Å². The lowest BCUT2D eigenvalue weighted by Crippen LogP contribution is -2.41. The summed E-state index contributed by atoms with van der Waals surface area (Å²) < 4.78 is 66.0. The predicted octanol–water partition coefficient (Wildman–Crippen LogP) is 3.63. The van der Waals surface area contributed by atoms with Crippen LogP contribution in [0.15, 0.2) is 71.9 Å². The topological polar surface area (TPSA) is 117 Å². The van der Waals surface area contributed by atoms with E-state index in [0.717, 1.165) is 36.4 Å². The van der Waals surface area contributed by atoms with Crippen molar-refractivity contribution >= 4 is 39.1 Å². The maximum Gasteiger partial charge on any atom is 0.416 e. The second-order valence-corrected chi connectivity index (χ2v) is 8.57. The average molecular weight is 499 g/mol. The minimum atomic E-state index is -4.66. The summed E-state index contributed by atoms with van der Waals surface area (Å²) in [6.07, 6.45) is -1.94. The molecule has 8 nitrogen and oxygen atoms in total. The van der Waals surface area contributed by atoms with Gasteiger partial charge in [-0.05, 0) is 48.5 Å². The fourth-order valence-electron chi connectivity index (χ4n) is 2.57. The van der Waals surface area contributed by atoms with Crippen LogP contribution in [0, 0.1) is 0 Å². The molecular formula is C20H14ClF3N4O4S. The normalized spacial score (nSPS) is 11.5. The van der Waals surface area contributed by atoms with Crippen molar-refractivity contribution in [2.75, 3.05) is 4.72 Å². The Morgan fingerprint density at radius 3 is 2.33 bits per heavy atom. The van der Waals surface area contributed by atoms with E-state index in [1.54, 1.807) is 0 Å². The van der Waals surface area contributed by atoms with Gasteiger partial charge in [0.15, 0.2) is 0 Å². The number of anilines is 1. The fourth-order valence-corrected chi connectivity index (χ4v) is 3.85. The van der Waals surface area contributed by atoms with E-state index in [-0.39, 0.29) is 21.8 Å². The van der Waals surface area contributed by atoms with Crippen LogP contribution in [-0.4, -0.2) is 25.2 Å². The largest absolute Gasteiger partial charge is 0.416 e. The zero-order valence-electron chi connectivity index (χ0n) is 16.4. The molecule has 0 aliphatic carbocycles. The SMILES string of the molecule is O=C(NNC(=O)c1cc(S(=O)(=O)Nc2cccc(C(F)(F)F)c2)ccc1Cl)c1cccnc1. The minimum Gasteiger partial charge on any atom is -0.280 e. The van der Waals surface area contributed by atoms with Crippen molar-refractivity contribution in [2.24, 2.45) is 0 Å². The number of nitrogens with zero attached hydrogens (tertiary/aromatic N) is 1.